The normalized spacial score (nSPS) is 16.0. The van der Waals surface area contributed by atoms with E-state index in [1.165, 1.54) is 23.1 Å². The van der Waals surface area contributed by atoms with E-state index in [4.69, 9.17) is 4.74 Å². The summed E-state index contributed by atoms with van der Waals surface area (Å²) < 4.78 is 47.1. The molecule has 34 heavy (non-hydrogen) atoms. The van der Waals surface area contributed by atoms with Crippen LogP contribution in [-0.2, 0) is 10.2 Å². The Morgan fingerprint density at radius 2 is 1.59 bits per heavy atom. The lowest BCUT2D eigenvalue weighted by atomic mass is 9.87. The Hall–Kier alpha value is -3.27. The molecule has 0 bridgehead atoms. The summed E-state index contributed by atoms with van der Waals surface area (Å²) in [6.45, 7) is 6.15. The van der Waals surface area contributed by atoms with Gasteiger partial charge in [0.25, 0.3) is 5.91 Å². The van der Waals surface area contributed by atoms with E-state index >= 15 is 0 Å². The molecule has 7 nitrogen and oxygen atoms in total. The lowest BCUT2D eigenvalue weighted by Crippen LogP contribution is -2.49. The van der Waals surface area contributed by atoms with E-state index in [1.54, 1.807) is 12.1 Å². The van der Waals surface area contributed by atoms with Crippen molar-refractivity contribution in [2.45, 2.75) is 51.2 Å². The fourth-order valence-corrected chi connectivity index (χ4v) is 3.56. The van der Waals surface area contributed by atoms with E-state index in [0.717, 1.165) is 11.6 Å². The first-order valence-corrected chi connectivity index (χ1v) is 10.7. The molecule has 184 valence electrons. The molecule has 1 aliphatic heterocycles. The van der Waals surface area contributed by atoms with Gasteiger partial charge in [-0.05, 0) is 35.2 Å². The lowest BCUT2D eigenvalue weighted by Gasteiger charge is -2.37. The van der Waals surface area contributed by atoms with Crippen molar-refractivity contribution in [3.63, 3.8) is 0 Å². The van der Waals surface area contributed by atoms with Crippen LogP contribution in [0.1, 0.15) is 49.5 Å². The minimum absolute atomic E-state index is 0.0246. The topological polar surface area (TPSA) is 88.1 Å². The second-order valence-electron chi connectivity index (χ2n) is 9.12. The summed E-state index contributed by atoms with van der Waals surface area (Å²) in [7, 11) is 0. The number of carbonyl (C=O) groups excluding carboxylic acids is 2. The van der Waals surface area contributed by atoms with Crippen LogP contribution in [0.15, 0.2) is 48.5 Å². The Kier molecular flexibility index (Phi) is 7.11. The molecule has 1 heterocycles. The summed E-state index contributed by atoms with van der Waals surface area (Å²) in [6.07, 6.45) is -5.99. The number of alkyl halides is 3. The number of amides is 2. The summed E-state index contributed by atoms with van der Waals surface area (Å²) in [5.74, 6) is -3.09. The molecule has 2 amide bonds. The van der Waals surface area contributed by atoms with E-state index in [-0.39, 0.29) is 36.9 Å². The molecule has 2 aromatic carbocycles. The smallest absolute Gasteiger partial charge is 0.417 e. The molecule has 2 aromatic rings. The van der Waals surface area contributed by atoms with Gasteiger partial charge in [0.1, 0.15) is 5.75 Å². The zero-order chi connectivity index (χ0) is 25.1. The molecular weight excluding hydrogens is 453 g/mol. The number of likely N-dealkylation sites (tertiary alicyclic amines) is 1. The summed E-state index contributed by atoms with van der Waals surface area (Å²) in [4.78, 5) is 26.3. The van der Waals surface area contributed by atoms with Gasteiger partial charge in [-0.3, -0.25) is 10.1 Å². The number of nitrogens with zero attached hydrogens (tertiary/aromatic N) is 1. The maximum atomic E-state index is 12.8. The standard InChI is InChI=1S/C24H27F3N2O5/c1-22(2,3)16-8-10-17(11-9-16)28-21(31)34-23(32)12-14-29(15-13-23)20(30)18-6-4-5-7-19(18)33-24(25,26)27/h4-11,32H,12-15H2,1-3H3,(H,28,31). The Balaban J connectivity index is 1.57. The fraction of sp³-hybridized carbons (Fsp3) is 0.417. The molecule has 0 unspecified atom stereocenters. The molecule has 0 spiro atoms. The van der Waals surface area contributed by atoms with Crippen molar-refractivity contribution in [3.05, 3.63) is 59.7 Å². The van der Waals surface area contributed by atoms with E-state index in [9.17, 15) is 27.9 Å². The number of hydrogen-bond acceptors (Lipinski definition) is 5. The maximum absolute atomic E-state index is 12.8. The molecule has 1 aliphatic rings. The first-order valence-electron chi connectivity index (χ1n) is 10.7. The van der Waals surface area contributed by atoms with Gasteiger partial charge in [0.15, 0.2) is 0 Å². The number of rotatable bonds is 4. The number of benzene rings is 2. The molecule has 0 aromatic heterocycles. The van der Waals surface area contributed by atoms with Crippen molar-refractivity contribution in [1.29, 1.82) is 0 Å². The first kappa shape index (κ1) is 25.4. The van der Waals surface area contributed by atoms with Crippen molar-refractivity contribution < 1.29 is 37.3 Å². The van der Waals surface area contributed by atoms with Crippen molar-refractivity contribution in [3.8, 4) is 5.75 Å². The van der Waals surface area contributed by atoms with E-state index in [2.05, 4.69) is 30.8 Å². The molecule has 2 N–H and O–H groups in total. The van der Waals surface area contributed by atoms with Gasteiger partial charge in [-0.1, -0.05) is 45.0 Å². The zero-order valence-electron chi connectivity index (χ0n) is 19.1. The number of anilines is 1. The third-order valence-electron chi connectivity index (χ3n) is 5.46. The Labute approximate surface area is 195 Å². The van der Waals surface area contributed by atoms with Crippen molar-refractivity contribution in [1.82, 2.24) is 4.90 Å². The molecule has 0 aliphatic carbocycles. The van der Waals surface area contributed by atoms with Crippen molar-refractivity contribution >= 4 is 17.7 Å². The van der Waals surface area contributed by atoms with Crippen LogP contribution < -0.4 is 10.1 Å². The van der Waals surface area contributed by atoms with Gasteiger partial charge in [0, 0.05) is 31.6 Å². The Bertz CT molecular complexity index is 1020. The van der Waals surface area contributed by atoms with Gasteiger partial charge in [0.2, 0.25) is 5.79 Å². The molecule has 1 fully saturated rings. The van der Waals surface area contributed by atoms with E-state index < -0.39 is 29.9 Å². The highest BCUT2D eigenvalue weighted by molar-refractivity contribution is 5.97. The number of aliphatic hydroxyl groups is 1. The van der Waals surface area contributed by atoms with Crippen LogP contribution in [0.4, 0.5) is 23.7 Å². The average Bonchev–Trinajstić information content (AvgIpc) is 2.72. The molecule has 10 heteroatoms. The predicted octanol–water partition coefficient (Wildman–Crippen LogP) is 5.06. The number of hydrogen-bond donors (Lipinski definition) is 2. The third kappa shape index (κ3) is 6.63. The van der Waals surface area contributed by atoms with Gasteiger partial charge in [0.05, 0.1) is 5.56 Å². The van der Waals surface area contributed by atoms with Crippen LogP contribution in [-0.4, -0.2) is 47.2 Å². The SMILES string of the molecule is CC(C)(C)c1ccc(NC(=O)OC2(O)CCN(C(=O)c3ccccc3OC(F)(F)F)CC2)cc1. The third-order valence-corrected chi connectivity index (χ3v) is 5.46. The highest BCUT2D eigenvalue weighted by Crippen LogP contribution is 2.30. The molecular formula is C24H27F3N2O5. The van der Waals surface area contributed by atoms with Crippen LogP contribution in [0.5, 0.6) is 5.75 Å². The average molecular weight is 480 g/mol. The second-order valence-corrected chi connectivity index (χ2v) is 9.12. The molecule has 0 saturated carbocycles. The quantitative estimate of drug-likeness (QED) is 0.598. The number of para-hydroxylation sites is 1. The number of ether oxygens (including phenoxy) is 2. The van der Waals surface area contributed by atoms with Gasteiger partial charge in [-0.15, -0.1) is 13.2 Å². The fourth-order valence-electron chi connectivity index (χ4n) is 3.56. The number of carbonyl (C=O) groups is 2. The van der Waals surface area contributed by atoms with Gasteiger partial charge >= 0.3 is 12.5 Å². The highest BCUT2D eigenvalue weighted by Gasteiger charge is 2.39. The predicted molar refractivity (Wildman–Crippen MR) is 118 cm³/mol. The highest BCUT2D eigenvalue weighted by atomic mass is 19.4. The Morgan fingerprint density at radius 3 is 2.15 bits per heavy atom. The van der Waals surface area contributed by atoms with Gasteiger partial charge in [-0.2, -0.15) is 0 Å². The van der Waals surface area contributed by atoms with Crippen LogP contribution in [0, 0.1) is 0 Å². The molecule has 0 radical (unpaired) electrons. The maximum Gasteiger partial charge on any atom is 0.573 e. The minimum Gasteiger partial charge on any atom is -0.417 e. The lowest BCUT2D eigenvalue weighted by molar-refractivity contribution is -0.274. The van der Waals surface area contributed by atoms with Crippen LogP contribution >= 0.6 is 0 Å². The van der Waals surface area contributed by atoms with Gasteiger partial charge in [-0.25, -0.2) is 4.79 Å². The van der Waals surface area contributed by atoms with Crippen LogP contribution in [0.2, 0.25) is 0 Å². The number of nitrogens with one attached hydrogen (secondary N) is 1. The monoisotopic (exact) mass is 480 g/mol. The second kappa shape index (κ2) is 9.54. The van der Waals surface area contributed by atoms with Crippen molar-refractivity contribution in [2.75, 3.05) is 18.4 Å². The minimum atomic E-state index is -4.94. The van der Waals surface area contributed by atoms with E-state index in [1.807, 2.05) is 12.1 Å². The Morgan fingerprint density at radius 1 is 1.00 bits per heavy atom. The van der Waals surface area contributed by atoms with Crippen LogP contribution in [0.3, 0.4) is 0 Å². The summed E-state index contributed by atoms with van der Waals surface area (Å²) in [5, 5.41) is 13.2. The zero-order valence-corrected chi connectivity index (χ0v) is 19.1. The molecule has 3 rings (SSSR count). The van der Waals surface area contributed by atoms with Crippen LogP contribution in [0.25, 0.3) is 0 Å². The first-order chi connectivity index (χ1) is 15.8. The molecule has 1 saturated heterocycles. The molecule has 0 atom stereocenters. The van der Waals surface area contributed by atoms with E-state index in [0.29, 0.717) is 5.69 Å². The summed E-state index contributed by atoms with van der Waals surface area (Å²) >= 11 is 0. The largest absolute Gasteiger partial charge is 0.573 e. The summed E-state index contributed by atoms with van der Waals surface area (Å²) in [5.41, 5.74) is 1.29. The summed E-state index contributed by atoms with van der Waals surface area (Å²) in [6, 6.07) is 12.3. The van der Waals surface area contributed by atoms with Crippen molar-refractivity contribution in [2.24, 2.45) is 0 Å². The van der Waals surface area contributed by atoms with Gasteiger partial charge < -0.3 is 19.5 Å². The number of piperidine rings is 1. The number of halogens is 3.